The molecule has 0 saturated carbocycles. The molecule has 2 aromatic carbocycles. The van der Waals surface area contributed by atoms with Gasteiger partial charge in [-0.25, -0.2) is 0 Å². The Morgan fingerprint density at radius 1 is 1.12 bits per heavy atom. The molecule has 0 bridgehead atoms. The van der Waals surface area contributed by atoms with Crippen LogP contribution in [-0.2, 0) is 13.2 Å². The van der Waals surface area contributed by atoms with Gasteiger partial charge < -0.3 is 19.5 Å². The van der Waals surface area contributed by atoms with Gasteiger partial charge in [0.2, 0.25) is 6.79 Å². The van der Waals surface area contributed by atoms with E-state index in [2.05, 4.69) is 41.6 Å². The van der Waals surface area contributed by atoms with Crippen LogP contribution in [0.5, 0.6) is 17.2 Å². The molecule has 0 aliphatic carbocycles. The summed E-state index contributed by atoms with van der Waals surface area (Å²) >= 11 is 1.38. The van der Waals surface area contributed by atoms with E-state index in [1.54, 1.807) is 16.9 Å². The minimum absolute atomic E-state index is 0.167. The average molecular weight is 448 g/mol. The third-order valence-corrected chi connectivity index (χ3v) is 5.96. The fraction of sp³-hybridized carbons (Fsp3) is 0.167. The summed E-state index contributed by atoms with van der Waals surface area (Å²) in [5.41, 5.74) is 3.96. The fourth-order valence-corrected chi connectivity index (χ4v) is 4.08. The lowest BCUT2D eigenvalue weighted by molar-refractivity contribution is 0.103. The highest BCUT2D eigenvalue weighted by atomic mass is 32.1. The summed E-state index contributed by atoms with van der Waals surface area (Å²) in [5, 5.41) is 9.16. The van der Waals surface area contributed by atoms with Gasteiger partial charge in [0.05, 0.1) is 23.3 Å². The molecule has 7 nitrogen and oxygen atoms in total. The van der Waals surface area contributed by atoms with Crippen molar-refractivity contribution in [2.45, 2.75) is 20.1 Å². The first-order valence-electron chi connectivity index (χ1n) is 10.1. The van der Waals surface area contributed by atoms with Crippen LogP contribution in [0.25, 0.3) is 0 Å². The smallest absolute Gasteiger partial charge is 0.265 e. The molecule has 0 radical (unpaired) electrons. The van der Waals surface area contributed by atoms with Gasteiger partial charge in [0.25, 0.3) is 5.91 Å². The molecule has 4 aromatic rings. The number of ether oxygens (including phenoxy) is 3. The molecule has 0 unspecified atom stereocenters. The van der Waals surface area contributed by atoms with Gasteiger partial charge >= 0.3 is 0 Å². The number of aryl methyl sites for hydroxylation is 1. The van der Waals surface area contributed by atoms with E-state index in [9.17, 15) is 4.79 Å². The number of fused-ring (bicyclic) bond motifs is 1. The summed E-state index contributed by atoms with van der Waals surface area (Å²) in [6, 6.07) is 15.6. The van der Waals surface area contributed by atoms with Crippen molar-refractivity contribution in [2.75, 3.05) is 12.1 Å². The molecule has 1 aliphatic heterocycles. The highest BCUT2D eigenvalue weighted by Crippen LogP contribution is 2.35. The lowest BCUT2D eigenvalue weighted by Crippen LogP contribution is -2.09. The molecule has 5 rings (SSSR count). The zero-order valence-electron chi connectivity index (χ0n) is 17.4. The maximum absolute atomic E-state index is 12.6. The molecule has 0 spiro atoms. The number of carbonyl (C=O) groups is 1. The Hall–Kier alpha value is -3.78. The normalized spacial score (nSPS) is 12.0. The fourth-order valence-electron chi connectivity index (χ4n) is 3.29. The third kappa shape index (κ3) is 4.60. The Labute approximate surface area is 189 Å². The number of benzene rings is 2. The van der Waals surface area contributed by atoms with E-state index in [1.807, 2.05) is 29.8 Å². The van der Waals surface area contributed by atoms with Crippen LogP contribution >= 0.6 is 11.3 Å². The van der Waals surface area contributed by atoms with Crippen molar-refractivity contribution in [2.24, 2.45) is 0 Å². The van der Waals surface area contributed by atoms with Crippen molar-refractivity contribution in [3.8, 4) is 17.2 Å². The molecule has 0 atom stereocenters. The second-order valence-corrected chi connectivity index (χ2v) is 8.40. The van der Waals surface area contributed by atoms with Gasteiger partial charge in [0, 0.05) is 17.8 Å². The van der Waals surface area contributed by atoms with Crippen LogP contribution in [-0.4, -0.2) is 22.5 Å². The number of amides is 1. The summed E-state index contributed by atoms with van der Waals surface area (Å²) in [6.07, 6.45) is 3.48. The van der Waals surface area contributed by atoms with Crippen molar-refractivity contribution in [1.82, 2.24) is 9.78 Å². The van der Waals surface area contributed by atoms with Crippen LogP contribution in [0.1, 0.15) is 26.4 Å². The number of thiophene rings is 1. The minimum atomic E-state index is -0.167. The SMILES string of the molecule is Cc1ccc(Cn2cc(NC(=O)c3cc(COc4ccc5c(c4)OCO5)cs3)cn2)cc1. The van der Waals surface area contributed by atoms with E-state index in [1.165, 1.54) is 16.9 Å². The number of rotatable bonds is 7. The Morgan fingerprint density at radius 3 is 2.84 bits per heavy atom. The van der Waals surface area contributed by atoms with E-state index in [0.29, 0.717) is 41.0 Å². The molecule has 8 heteroatoms. The zero-order valence-corrected chi connectivity index (χ0v) is 18.2. The molecule has 1 aliphatic rings. The standard InChI is InChI=1S/C24H21N3O4S/c1-16-2-4-17(5-3-16)11-27-12-19(10-25-27)26-24(28)23-8-18(14-32-23)13-29-20-6-7-21-22(9-20)31-15-30-21/h2-10,12,14H,11,13,15H2,1H3,(H,26,28). The molecule has 32 heavy (non-hydrogen) atoms. The summed E-state index contributed by atoms with van der Waals surface area (Å²) in [7, 11) is 0. The van der Waals surface area contributed by atoms with E-state index < -0.39 is 0 Å². The quantitative estimate of drug-likeness (QED) is 0.438. The van der Waals surface area contributed by atoms with Crippen LogP contribution in [0.3, 0.4) is 0 Å². The van der Waals surface area contributed by atoms with Gasteiger partial charge in [0.1, 0.15) is 12.4 Å². The molecule has 1 N–H and O–H groups in total. The second-order valence-electron chi connectivity index (χ2n) is 7.49. The summed E-state index contributed by atoms with van der Waals surface area (Å²) in [6.45, 7) is 3.30. The lowest BCUT2D eigenvalue weighted by atomic mass is 10.1. The van der Waals surface area contributed by atoms with E-state index >= 15 is 0 Å². The molecular formula is C24H21N3O4S. The molecule has 0 fully saturated rings. The maximum atomic E-state index is 12.6. The predicted octanol–water partition coefficient (Wildman–Crippen LogP) is 4.86. The van der Waals surface area contributed by atoms with Gasteiger partial charge in [-0.3, -0.25) is 9.48 Å². The Kier molecular flexibility index (Phi) is 5.51. The summed E-state index contributed by atoms with van der Waals surface area (Å²) in [4.78, 5) is 13.2. The lowest BCUT2D eigenvalue weighted by Gasteiger charge is -2.05. The van der Waals surface area contributed by atoms with E-state index in [4.69, 9.17) is 14.2 Å². The zero-order chi connectivity index (χ0) is 21.9. The first kappa shape index (κ1) is 20.1. The maximum Gasteiger partial charge on any atom is 0.265 e. The molecule has 1 amide bonds. The number of nitrogens with zero attached hydrogens (tertiary/aromatic N) is 2. The molecular weight excluding hydrogens is 426 g/mol. The average Bonchev–Trinajstić information content (AvgIpc) is 3.54. The van der Waals surface area contributed by atoms with Gasteiger partial charge in [-0.1, -0.05) is 29.8 Å². The Bertz CT molecular complexity index is 1250. The number of hydrogen-bond acceptors (Lipinski definition) is 6. The number of hydrogen-bond donors (Lipinski definition) is 1. The van der Waals surface area contributed by atoms with Crippen molar-refractivity contribution in [3.05, 3.63) is 87.9 Å². The largest absolute Gasteiger partial charge is 0.489 e. The van der Waals surface area contributed by atoms with Crippen molar-refractivity contribution >= 4 is 22.9 Å². The molecule has 3 heterocycles. The van der Waals surface area contributed by atoms with Gasteiger partial charge in [-0.2, -0.15) is 5.10 Å². The first-order valence-corrected chi connectivity index (χ1v) is 11.0. The van der Waals surface area contributed by atoms with Crippen molar-refractivity contribution in [1.29, 1.82) is 0 Å². The van der Waals surface area contributed by atoms with Crippen LogP contribution < -0.4 is 19.5 Å². The first-order chi connectivity index (χ1) is 15.6. The van der Waals surface area contributed by atoms with Crippen LogP contribution in [0.2, 0.25) is 0 Å². The van der Waals surface area contributed by atoms with Gasteiger partial charge in [0.15, 0.2) is 11.5 Å². The van der Waals surface area contributed by atoms with Gasteiger partial charge in [-0.15, -0.1) is 11.3 Å². The van der Waals surface area contributed by atoms with Crippen LogP contribution in [0.4, 0.5) is 5.69 Å². The number of carbonyl (C=O) groups excluding carboxylic acids is 1. The number of anilines is 1. The Balaban J connectivity index is 1.16. The topological polar surface area (TPSA) is 74.6 Å². The predicted molar refractivity (Wildman–Crippen MR) is 122 cm³/mol. The number of aromatic nitrogens is 2. The highest BCUT2D eigenvalue weighted by molar-refractivity contribution is 7.12. The molecule has 0 saturated heterocycles. The van der Waals surface area contributed by atoms with Crippen molar-refractivity contribution in [3.63, 3.8) is 0 Å². The van der Waals surface area contributed by atoms with E-state index in [-0.39, 0.29) is 12.7 Å². The second kappa shape index (κ2) is 8.76. The Morgan fingerprint density at radius 2 is 1.97 bits per heavy atom. The van der Waals surface area contributed by atoms with E-state index in [0.717, 1.165) is 11.1 Å². The third-order valence-electron chi connectivity index (χ3n) is 4.98. The monoisotopic (exact) mass is 447 g/mol. The van der Waals surface area contributed by atoms with Crippen LogP contribution in [0, 0.1) is 6.92 Å². The number of nitrogens with one attached hydrogen (secondary N) is 1. The van der Waals surface area contributed by atoms with Crippen LogP contribution in [0.15, 0.2) is 66.3 Å². The summed E-state index contributed by atoms with van der Waals surface area (Å²) in [5.74, 6) is 1.91. The highest BCUT2D eigenvalue weighted by Gasteiger charge is 2.15. The minimum Gasteiger partial charge on any atom is -0.489 e. The van der Waals surface area contributed by atoms with Gasteiger partial charge in [-0.05, 0) is 36.1 Å². The molecule has 2 aromatic heterocycles. The van der Waals surface area contributed by atoms with Crippen molar-refractivity contribution < 1.29 is 19.0 Å². The summed E-state index contributed by atoms with van der Waals surface area (Å²) < 4.78 is 18.3. The molecule has 162 valence electrons.